The molecular weight excluding hydrogens is 358 g/mol. The molecule has 1 atom stereocenters. The second kappa shape index (κ2) is 8.81. The number of hydrogen-bond acceptors (Lipinski definition) is 6. The number of benzene rings is 1. The average molecular weight is 385 g/mol. The van der Waals surface area contributed by atoms with Crippen LogP contribution >= 0.6 is 0 Å². The zero-order valence-electron chi connectivity index (χ0n) is 15.4. The minimum absolute atomic E-state index is 0.0252. The smallest absolute Gasteiger partial charge is 0.246 e. The Morgan fingerprint density at radius 1 is 1.35 bits per heavy atom. The number of nitrogens with one attached hydrogen (secondary N) is 1. The Morgan fingerprint density at radius 3 is 2.58 bits per heavy atom. The van der Waals surface area contributed by atoms with Crippen LogP contribution in [0.5, 0.6) is 5.75 Å². The molecule has 3 N–H and O–H groups in total. The molecule has 1 aliphatic rings. The molecule has 0 spiro atoms. The van der Waals surface area contributed by atoms with Crippen molar-refractivity contribution in [2.75, 3.05) is 38.2 Å². The van der Waals surface area contributed by atoms with Crippen LogP contribution in [0.3, 0.4) is 0 Å². The fraction of sp³-hybridized carbons (Fsp3) is 0.588. The highest BCUT2D eigenvalue weighted by atomic mass is 32.2. The number of hydrogen-bond donors (Lipinski definition) is 2. The van der Waals surface area contributed by atoms with Gasteiger partial charge < -0.3 is 20.5 Å². The molecule has 0 unspecified atom stereocenters. The maximum atomic E-state index is 13.0. The van der Waals surface area contributed by atoms with Crippen LogP contribution in [-0.2, 0) is 19.6 Å². The first kappa shape index (κ1) is 20.6. The van der Waals surface area contributed by atoms with Gasteiger partial charge in [-0.25, -0.2) is 8.42 Å². The Labute approximate surface area is 154 Å². The number of ether oxygens (including phenoxy) is 2. The van der Waals surface area contributed by atoms with Crippen molar-refractivity contribution < 1.29 is 22.7 Å². The SMILES string of the molecule is CCOc1ccc(NC(=O)[C@@H](N)C(C)C)cc1S(=O)(=O)N1CCOCC1. The van der Waals surface area contributed by atoms with Gasteiger partial charge in [0.2, 0.25) is 15.9 Å². The number of anilines is 1. The molecule has 1 amide bonds. The number of nitrogens with zero attached hydrogens (tertiary/aromatic N) is 1. The normalized spacial score (nSPS) is 17.1. The average Bonchev–Trinajstić information content (AvgIpc) is 2.63. The molecule has 1 saturated heterocycles. The van der Waals surface area contributed by atoms with E-state index in [1.165, 1.54) is 10.4 Å². The fourth-order valence-electron chi connectivity index (χ4n) is 2.52. The largest absolute Gasteiger partial charge is 0.492 e. The van der Waals surface area contributed by atoms with E-state index in [9.17, 15) is 13.2 Å². The first-order chi connectivity index (χ1) is 12.3. The minimum Gasteiger partial charge on any atom is -0.492 e. The van der Waals surface area contributed by atoms with E-state index in [2.05, 4.69) is 5.32 Å². The van der Waals surface area contributed by atoms with E-state index < -0.39 is 16.1 Å². The third kappa shape index (κ3) is 4.73. The summed E-state index contributed by atoms with van der Waals surface area (Å²) in [6.07, 6.45) is 0. The van der Waals surface area contributed by atoms with Crippen LogP contribution in [0.15, 0.2) is 23.1 Å². The summed E-state index contributed by atoms with van der Waals surface area (Å²) in [5.41, 5.74) is 6.21. The standard InChI is InChI=1S/C17H27N3O5S/c1-4-25-14-6-5-13(19-17(21)16(18)12(2)3)11-15(14)26(22,23)20-7-9-24-10-8-20/h5-6,11-12,16H,4,7-10,18H2,1-3H3,(H,19,21)/t16-/m0/s1. The van der Waals surface area contributed by atoms with E-state index in [0.717, 1.165) is 0 Å². The highest BCUT2D eigenvalue weighted by Gasteiger charge is 2.30. The van der Waals surface area contributed by atoms with Gasteiger partial charge in [-0.1, -0.05) is 13.8 Å². The molecule has 26 heavy (non-hydrogen) atoms. The number of rotatable bonds is 7. The summed E-state index contributed by atoms with van der Waals surface area (Å²) in [6.45, 7) is 7.06. The maximum Gasteiger partial charge on any atom is 0.246 e. The number of nitrogens with two attached hydrogens (primary N) is 1. The molecule has 0 saturated carbocycles. The van der Waals surface area contributed by atoms with Crippen LogP contribution in [-0.4, -0.2) is 57.6 Å². The number of morpholine rings is 1. The van der Waals surface area contributed by atoms with Gasteiger partial charge in [0.25, 0.3) is 0 Å². The van der Waals surface area contributed by atoms with E-state index in [4.69, 9.17) is 15.2 Å². The van der Waals surface area contributed by atoms with E-state index in [1.807, 2.05) is 13.8 Å². The molecule has 0 bridgehead atoms. The van der Waals surface area contributed by atoms with E-state index in [1.54, 1.807) is 19.1 Å². The number of carbonyl (C=O) groups excluding carboxylic acids is 1. The summed E-state index contributed by atoms with van der Waals surface area (Å²) in [7, 11) is -3.76. The molecule has 8 nitrogen and oxygen atoms in total. The lowest BCUT2D eigenvalue weighted by Gasteiger charge is -2.27. The summed E-state index contributed by atoms with van der Waals surface area (Å²) in [5.74, 6) is -0.140. The number of amides is 1. The van der Waals surface area contributed by atoms with Gasteiger partial charge in [-0.3, -0.25) is 4.79 Å². The van der Waals surface area contributed by atoms with Gasteiger partial charge in [0.05, 0.1) is 25.9 Å². The van der Waals surface area contributed by atoms with Gasteiger partial charge >= 0.3 is 0 Å². The molecule has 2 rings (SSSR count). The van der Waals surface area contributed by atoms with Crippen molar-refractivity contribution in [1.82, 2.24) is 4.31 Å². The molecule has 146 valence electrons. The first-order valence-corrected chi connectivity index (χ1v) is 10.1. The van der Waals surface area contributed by atoms with Crippen LogP contribution < -0.4 is 15.8 Å². The van der Waals surface area contributed by atoms with Crippen LogP contribution in [0, 0.1) is 5.92 Å². The minimum atomic E-state index is -3.76. The molecular formula is C17H27N3O5S. The van der Waals surface area contributed by atoms with E-state index >= 15 is 0 Å². The highest BCUT2D eigenvalue weighted by Crippen LogP contribution is 2.30. The Bertz CT molecular complexity index is 730. The van der Waals surface area contributed by atoms with Crippen molar-refractivity contribution >= 4 is 21.6 Å². The van der Waals surface area contributed by atoms with Gasteiger partial charge in [0.15, 0.2) is 0 Å². The highest BCUT2D eigenvalue weighted by molar-refractivity contribution is 7.89. The Kier molecular flexibility index (Phi) is 6.99. The monoisotopic (exact) mass is 385 g/mol. The van der Waals surface area contributed by atoms with Crippen LogP contribution in [0.2, 0.25) is 0 Å². The molecule has 0 radical (unpaired) electrons. The Hall–Kier alpha value is -1.68. The Morgan fingerprint density at radius 2 is 2.00 bits per heavy atom. The number of carbonyl (C=O) groups is 1. The predicted molar refractivity (Wildman–Crippen MR) is 98.6 cm³/mol. The summed E-state index contributed by atoms with van der Waals surface area (Å²) in [4.78, 5) is 12.2. The second-order valence-electron chi connectivity index (χ2n) is 6.37. The van der Waals surface area contributed by atoms with Crippen molar-refractivity contribution in [3.63, 3.8) is 0 Å². The van der Waals surface area contributed by atoms with Gasteiger partial charge in [-0.2, -0.15) is 4.31 Å². The molecule has 1 aliphatic heterocycles. The van der Waals surface area contributed by atoms with Crippen molar-refractivity contribution in [1.29, 1.82) is 0 Å². The quantitative estimate of drug-likeness (QED) is 0.725. The van der Waals surface area contributed by atoms with Gasteiger partial charge in [0, 0.05) is 18.8 Å². The molecule has 0 aliphatic carbocycles. The number of sulfonamides is 1. The van der Waals surface area contributed by atoms with Gasteiger partial charge in [-0.05, 0) is 31.0 Å². The van der Waals surface area contributed by atoms with Gasteiger partial charge in [-0.15, -0.1) is 0 Å². The summed E-state index contributed by atoms with van der Waals surface area (Å²) in [6, 6.07) is 3.89. The zero-order valence-corrected chi connectivity index (χ0v) is 16.2. The van der Waals surface area contributed by atoms with Crippen molar-refractivity contribution in [3.8, 4) is 5.75 Å². The van der Waals surface area contributed by atoms with Gasteiger partial charge in [0.1, 0.15) is 10.6 Å². The third-order valence-corrected chi connectivity index (χ3v) is 6.04. The van der Waals surface area contributed by atoms with Crippen LogP contribution in [0.4, 0.5) is 5.69 Å². The lowest BCUT2D eigenvalue weighted by Crippen LogP contribution is -2.41. The molecule has 1 aromatic rings. The Balaban J connectivity index is 2.34. The molecule has 1 aromatic carbocycles. The van der Waals surface area contributed by atoms with Crippen LogP contribution in [0.1, 0.15) is 20.8 Å². The maximum absolute atomic E-state index is 13.0. The van der Waals surface area contributed by atoms with Crippen LogP contribution in [0.25, 0.3) is 0 Å². The second-order valence-corrected chi connectivity index (χ2v) is 8.28. The topological polar surface area (TPSA) is 111 Å². The lowest BCUT2D eigenvalue weighted by atomic mass is 10.0. The zero-order chi connectivity index (χ0) is 19.3. The predicted octanol–water partition coefficient (Wildman–Crippen LogP) is 1.03. The summed E-state index contributed by atoms with van der Waals surface area (Å²) < 4.78 is 38.1. The van der Waals surface area contributed by atoms with E-state index in [-0.39, 0.29) is 35.6 Å². The van der Waals surface area contributed by atoms with Crippen molar-refractivity contribution in [2.24, 2.45) is 11.7 Å². The first-order valence-electron chi connectivity index (χ1n) is 8.68. The van der Waals surface area contributed by atoms with Crippen molar-refractivity contribution in [3.05, 3.63) is 18.2 Å². The molecule has 9 heteroatoms. The summed E-state index contributed by atoms with van der Waals surface area (Å²) in [5, 5.41) is 2.68. The lowest BCUT2D eigenvalue weighted by molar-refractivity contribution is -0.118. The van der Waals surface area contributed by atoms with Crippen molar-refractivity contribution in [2.45, 2.75) is 31.7 Å². The molecule has 0 aromatic heterocycles. The summed E-state index contributed by atoms with van der Waals surface area (Å²) >= 11 is 0. The third-order valence-electron chi connectivity index (χ3n) is 4.12. The molecule has 1 heterocycles. The fourth-order valence-corrected chi connectivity index (χ4v) is 4.08. The van der Waals surface area contributed by atoms with E-state index in [0.29, 0.717) is 25.5 Å². The molecule has 1 fully saturated rings.